The molecule has 2 heterocycles. The van der Waals surface area contributed by atoms with Crippen molar-refractivity contribution >= 4 is 46.2 Å². The first kappa shape index (κ1) is 16.5. The number of thioether (sulfide) groups is 2. The first-order chi connectivity index (χ1) is 12.3. The van der Waals surface area contributed by atoms with E-state index in [0.717, 1.165) is 16.7 Å². The molecule has 3 aromatic rings. The lowest BCUT2D eigenvalue weighted by molar-refractivity contribution is -0.116. The van der Waals surface area contributed by atoms with Gasteiger partial charge in [0.15, 0.2) is 0 Å². The lowest BCUT2D eigenvalue weighted by Gasteiger charge is -2.21. The molecular weight excluding hydrogens is 352 g/mol. The summed E-state index contributed by atoms with van der Waals surface area (Å²) in [6.45, 7) is 0.150. The van der Waals surface area contributed by atoms with Crippen LogP contribution in [0.2, 0.25) is 0 Å². The number of aromatic nitrogens is 3. The monoisotopic (exact) mass is 370 g/mol. The minimum atomic E-state index is -0.100. The van der Waals surface area contributed by atoms with Crippen molar-refractivity contribution < 1.29 is 4.79 Å². The Kier molecular flexibility index (Phi) is 4.94. The molecule has 0 saturated carbocycles. The van der Waals surface area contributed by atoms with Gasteiger partial charge in [0.1, 0.15) is 12.1 Å². The van der Waals surface area contributed by atoms with Gasteiger partial charge in [-0.3, -0.25) is 4.79 Å². The van der Waals surface area contributed by atoms with Crippen LogP contribution in [0.1, 0.15) is 16.6 Å². The average molecular weight is 371 g/mol. The Morgan fingerprint density at radius 1 is 1.16 bits per heavy atom. The Labute approximate surface area is 154 Å². The van der Waals surface area contributed by atoms with Crippen molar-refractivity contribution in [1.82, 2.24) is 15.0 Å². The fourth-order valence-corrected chi connectivity index (χ4v) is 5.69. The molecule has 25 heavy (non-hydrogen) atoms. The maximum Gasteiger partial charge on any atom is 0.246 e. The van der Waals surface area contributed by atoms with Gasteiger partial charge in [-0.15, -0.1) is 28.6 Å². The quantitative estimate of drug-likeness (QED) is 0.754. The van der Waals surface area contributed by atoms with E-state index in [1.807, 2.05) is 59.9 Å². The fourth-order valence-electron chi connectivity index (χ4n) is 2.81. The summed E-state index contributed by atoms with van der Waals surface area (Å²) >= 11 is 3.95. The smallest absolute Gasteiger partial charge is 0.246 e. The molecule has 1 fully saturated rings. The summed E-state index contributed by atoms with van der Waals surface area (Å²) in [6.07, 6.45) is 1.27. The number of carbonyl (C=O) groups excluding carboxylic acids is 1. The predicted molar refractivity (Wildman–Crippen MR) is 105 cm³/mol. The third-order valence-corrected chi connectivity index (χ3v) is 7.00. The van der Waals surface area contributed by atoms with Crippen LogP contribution < -0.4 is 5.32 Å². The Bertz CT molecular complexity index is 889. The lowest BCUT2D eigenvalue weighted by atomic mass is 10.2. The van der Waals surface area contributed by atoms with Crippen LogP contribution in [0.4, 0.5) is 5.69 Å². The van der Waals surface area contributed by atoms with Crippen molar-refractivity contribution in [2.45, 2.75) is 17.5 Å². The molecule has 1 aliphatic heterocycles. The second-order valence-corrected chi connectivity index (χ2v) is 8.56. The number of fused-ring (bicyclic) bond motifs is 1. The van der Waals surface area contributed by atoms with E-state index < -0.39 is 0 Å². The second-order valence-electron chi connectivity index (χ2n) is 5.84. The number of anilines is 1. The normalized spacial score (nSPS) is 15.4. The molecule has 1 aliphatic rings. The standard InChI is InChI=1S/C18H18N4OS2/c23-17(12-22-16-8-2-1-7-15(16)20-21-22)19-14-6-3-5-13(11-14)18-24-9-4-10-25-18/h1-3,5-8,11,18H,4,9-10,12H2,(H,19,23). The van der Waals surface area contributed by atoms with Gasteiger partial charge in [-0.05, 0) is 47.8 Å². The summed E-state index contributed by atoms with van der Waals surface area (Å²) in [5, 5.41) is 11.1. The molecule has 0 unspecified atom stereocenters. The zero-order valence-corrected chi connectivity index (χ0v) is 15.2. The highest BCUT2D eigenvalue weighted by Gasteiger charge is 2.17. The number of nitrogens with zero attached hydrogens (tertiary/aromatic N) is 3. The average Bonchev–Trinajstić information content (AvgIpc) is 3.06. The molecule has 0 spiro atoms. The number of carbonyl (C=O) groups is 1. The van der Waals surface area contributed by atoms with Crippen LogP contribution in [0.15, 0.2) is 48.5 Å². The first-order valence-electron chi connectivity index (χ1n) is 8.21. The topological polar surface area (TPSA) is 59.8 Å². The van der Waals surface area contributed by atoms with Gasteiger partial charge in [0.25, 0.3) is 0 Å². The minimum Gasteiger partial charge on any atom is -0.324 e. The number of benzene rings is 2. The Morgan fingerprint density at radius 3 is 2.88 bits per heavy atom. The van der Waals surface area contributed by atoms with Crippen molar-refractivity contribution in [1.29, 1.82) is 0 Å². The molecule has 1 amide bonds. The SMILES string of the molecule is O=C(Cn1nnc2ccccc21)Nc1cccc(C2SCCCS2)c1. The van der Waals surface area contributed by atoms with Gasteiger partial charge in [-0.2, -0.15) is 0 Å². The summed E-state index contributed by atoms with van der Waals surface area (Å²) in [5.41, 5.74) is 3.75. The van der Waals surface area contributed by atoms with E-state index in [1.54, 1.807) is 4.68 Å². The van der Waals surface area contributed by atoms with E-state index in [9.17, 15) is 4.79 Å². The van der Waals surface area contributed by atoms with Crippen LogP contribution in [0.3, 0.4) is 0 Å². The minimum absolute atomic E-state index is 0.100. The summed E-state index contributed by atoms with van der Waals surface area (Å²) in [4.78, 5) is 12.4. The summed E-state index contributed by atoms with van der Waals surface area (Å²) in [6, 6.07) is 15.8. The number of amides is 1. The lowest BCUT2D eigenvalue weighted by Crippen LogP contribution is -2.19. The van der Waals surface area contributed by atoms with Crippen LogP contribution in [0, 0.1) is 0 Å². The molecule has 4 rings (SSSR count). The predicted octanol–water partition coefficient (Wildman–Crippen LogP) is 3.94. The molecule has 1 saturated heterocycles. The molecule has 5 nitrogen and oxygen atoms in total. The van der Waals surface area contributed by atoms with Gasteiger partial charge >= 0.3 is 0 Å². The van der Waals surface area contributed by atoms with Gasteiger partial charge in [-0.1, -0.05) is 29.5 Å². The molecule has 1 N–H and O–H groups in total. The van der Waals surface area contributed by atoms with Gasteiger partial charge in [0.2, 0.25) is 5.91 Å². The molecule has 0 aliphatic carbocycles. The summed E-state index contributed by atoms with van der Waals surface area (Å²) in [7, 11) is 0. The number of nitrogens with one attached hydrogen (secondary N) is 1. The van der Waals surface area contributed by atoms with E-state index in [2.05, 4.69) is 27.8 Å². The van der Waals surface area contributed by atoms with E-state index in [1.165, 1.54) is 23.5 Å². The molecule has 7 heteroatoms. The molecule has 2 aromatic carbocycles. The third kappa shape index (κ3) is 3.82. The highest BCUT2D eigenvalue weighted by atomic mass is 32.2. The highest BCUT2D eigenvalue weighted by Crippen LogP contribution is 2.44. The number of rotatable bonds is 4. The van der Waals surface area contributed by atoms with Crippen molar-refractivity contribution in [2.24, 2.45) is 0 Å². The molecule has 0 radical (unpaired) electrons. The van der Waals surface area contributed by atoms with Gasteiger partial charge in [-0.25, -0.2) is 4.68 Å². The zero-order valence-electron chi connectivity index (χ0n) is 13.6. The Balaban J connectivity index is 1.45. The van der Waals surface area contributed by atoms with E-state index in [-0.39, 0.29) is 12.5 Å². The van der Waals surface area contributed by atoms with Crippen molar-refractivity contribution in [3.05, 3.63) is 54.1 Å². The van der Waals surface area contributed by atoms with Crippen molar-refractivity contribution in [3.63, 3.8) is 0 Å². The van der Waals surface area contributed by atoms with Gasteiger partial charge in [0.05, 0.1) is 10.1 Å². The first-order valence-corrected chi connectivity index (χ1v) is 10.3. The van der Waals surface area contributed by atoms with E-state index >= 15 is 0 Å². The van der Waals surface area contributed by atoms with Crippen LogP contribution in [0.5, 0.6) is 0 Å². The summed E-state index contributed by atoms with van der Waals surface area (Å²) < 4.78 is 2.09. The van der Waals surface area contributed by atoms with Crippen LogP contribution in [0.25, 0.3) is 11.0 Å². The zero-order chi connectivity index (χ0) is 17.1. The van der Waals surface area contributed by atoms with Crippen LogP contribution in [-0.4, -0.2) is 32.4 Å². The highest BCUT2D eigenvalue weighted by molar-refractivity contribution is 8.16. The maximum absolute atomic E-state index is 12.4. The maximum atomic E-state index is 12.4. The number of para-hydroxylation sites is 1. The van der Waals surface area contributed by atoms with Crippen molar-refractivity contribution in [3.8, 4) is 0 Å². The van der Waals surface area contributed by atoms with Gasteiger partial charge < -0.3 is 5.32 Å². The van der Waals surface area contributed by atoms with Crippen molar-refractivity contribution in [2.75, 3.05) is 16.8 Å². The Morgan fingerprint density at radius 2 is 2.00 bits per heavy atom. The number of hydrogen-bond donors (Lipinski definition) is 1. The second kappa shape index (κ2) is 7.49. The third-order valence-electron chi connectivity index (χ3n) is 3.98. The van der Waals surface area contributed by atoms with Gasteiger partial charge in [0, 0.05) is 5.69 Å². The molecule has 0 bridgehead atoms. The van der Waals surface area contributed by atoms with Crippen LogP contribution in [-0.2, 0) is 11.3 Å². The number of hydrogen-bond acceptors (Lipinski definition) is 5. The summed E-state index contributed by atoms with van der Waals surface area (Å²) in [5.74, 6) is 2.30. The fraction of sp³-hybridized carbons (Fsp3) is 0.278. The molecule has 0 atom stereocenters. The molecular formula is C18H18N4OS2. The largest absolute Gasteiger partial charge is 0.324 e. The van der Waals surface area contributed by atoms with Crippen LogP contribution >= 0.6 is 23.5 Å². The molecule has 128 valence electrons. The molecule has 1 aromatic heterocycles. The van der Waals surface area contributed by atoms with E-state index in [4.69, 9.17) is 0 Å². The van der Waals surface area contributed by atoms with E-state index in [0.29, 0.717) is 4.58 Å². The Hall–Kier alpha value is -1.99.